The number of rotatable bonds is 3. The number of likely N-dealkylation sites (tertiary alicyclic amines) is 1. The van der Waals surface area contributed by atoms with Crippen LogP contribution >= 0.6 is 0 Å². The Hall–Kier alpha value is -0.610. The van der Waals surface area contributed by atoms with Crippen LogP contribution in [0.5, 0.6) is 0 Å². The van der Waals surface area contributed by atoms with Gasteiger partial charge in [-0.05, 0) is 17.8 Å². The van der Waals surface area contributed by atoms with E-state index in [2.05, 4.69) is 27.7 Å². The van der Waals surface area contributed by atoms with Crippen LogP contribution in [-0.4, -0.2) is 46.3 Å². The molecule has 0 radical (unpaired) electrons. The lowest BCUT2D eigenvalue weighted by atomic mass is 9.84. The molecule has 0 aliphatic carbocycles. The summed E-state index contributed by atoms with van der Waals surface area (Å²) < 4.78 is 0. The molecule has 4 heteroatoms. The Labute approximate surface area is 104 Å². The SMILES string of the molecule is CC(CC(=O)N1C[C@@H](O)[C@@H](O)C1)CC(C)(C)C. The fraction of sp³-hybridized carbons (Fsp3) is 0.923. The minimum atomic E-state index is -0.781. The first-order valence-electron chi connectivity index (χ1n) is 6.33. The molecule has 3 atom stereocenters. The number of hydrogen-bond donors (Lipinski definition) is 2. The van der Waals surface area contributed by atoms with Gasteiger partial charge in [-0.15, -0.1) is 0 Å². The molecule has 2 N–H and O–H groups in total. The number of aliphatic hydroxyl groups is 2. The molecular weight excluding hydrogens is 218 g/mol. The van der Waals surface area contributed by atoms with Gasteiger partial charge in [0, 0.05) is 19.5 Å². The lowest BCUT2D eigenvalue weighted by Gasteiger charge is -2.24. The molecule has 100 valence electrons. The van der Waals surface area contributed by atoms with Crippen molar-refractivity contribution in [3.05, 3.63) is 0 Å². The highest BCUT2D eigenvalue weighted by Crippen LogP contribution is 2.26. The molecule has 1 rings (SSSR count). The fourth-order valence-corrected chi connectivity index (χ4v) is 2.52. The highest BCUT2D eigenvalue weighted by molar-refractivity contribution is 5.76. The van der Waals surface area contributed by atoms with Crippen LogP contribution in [0, 0.1) is 11.3 Å². The summed E-state index contributed by atoms with van der Waals surface area (Å²) in [7, 11) is 0. The summed E-state index contributed by atoms with van der Waals surface area (Å²) >= 11 is 0. The second-order valence-corrected chi connectivity index (χ2v) is 6.51. The molecule has 1 saturated heterocycles. The molecular formula is C13H25NO3. The Bertz CT molecular complexity index is 262. The second kappa shape index (κ2) is 5.36. The van der Waals surface area contributed by atoms with Gasteiger partial charge in [0.05, 0.1) is 12.2 Å². The third-order valence-corrected chi connectivity index (χ3v) is 3.10. The van der Waals surface area contributed by atoms with E-state index in [4.69, 9.17) is 0 Å². The zero-order chi connectivity index (χ0) is 13.2. The average molecular weight is 243 g/mol. The third kappa shape index (κ3) is 4.64. The van der Waals surface area contributed by atoms with E-state index in [0.717, 1.165) is 6.42 Å². The second-order valence-electron chi connectivity index (χ2n) is 6.51. The maximum absolute atomic E-state index is 11.9. The molecule has 0 aromatic rings. The highest BCUT2D eigenvalue weighted by atomic mass is 16.3. The van der Waals surface area contributed by atoms with Crippen molar-refractivity contribution in [1.82, 2.24) is 4.90 Å². The lowest BCUT2D eigenvalue weighted by Crippen LogP contribution is -2.31. The summed E-state index contributed by atoms with van der Waals surface area (Å²) in [5, 5.41) is 18.8. The van der Waals surface area contributed by atoms with E-state index in [9.17, 15) is 15.0 Å². The van der Waals surface area contributed by atoms with Crippen LogP contribution in [0.2, 0.25) is 0 Å². The van der Waals surface area contributed by atoms with Crippen LogP contribution in [0.15, 0.2) is 0 Å². The number of aliphatic hydroxyl groups excluding tert-OH is 2. The number of hydrogen-bond acceptors (Lipinski definition) is 3. The van der Waals surface area contributed by atoms with Gasteiger partial charge in [0.15, 0.2) is 0 Å². The Morgan fingerprint density at radius 1 is 1.29 bits per heavy atom. The smallest absolute Gasteiger partial charge is 0.223 e. The van der Waals surface area contributed by atoms with Crippen molar-refractivity contribution in [1.29, 1.82) is 0 Å². The molecule has 1 unspecified atom stereocenters. The normalized spacial score (nSPS) is 27.3. The molecule has 0 aromatic carbocycles. The van der Waals surface area contributed by atoms with E-state index >= 15 is 0 Å². The molecule has 0 saturated carbocycles. The maximum atomic E-state index is 11.9. The lowest BCUT2D eigenvalue weighted by molar-refractivity contribution is -0.131. The molecule has 0 bridgehead atoms. The Balaban J connectivity index is 2.40. The van der Waals surface area contributed by atoms with Crippen molar-refractivity contribution < 1.29 is 15.0 Å². The number of β-amino-alcohol motifs (C(OH)–C–C–N with tert-alkyl or cyclic N) is 2. The van der Waals surface area contributed by atoms with Gasteiger partial charge in [-0.1, -0.05) is 27.7 Å². The molecule has 1 heterocycles. The van der Waals surface area contributed by atoms with E-state index in [1.807, 2.05) is 0 Å². The van der Waals surface area contributed by atoms with Crippen LogP contribution in [0.25, 0.3) is 0 Å². The van der Waals surface area contributed by atoms with Crippen molar-refractivity contribution in [3.63, 3.8) is 0 Å². The largest absolute Gasteiger partial charge is 0.388 e. The Kier molecular flexibility index (Phi) is 4.55. The monoisotopic (exact) mass is 243 g/mol. The van der Waals surface area contributed by atoms with Crippen molar-refractivity contribution in [3.8, 4) is 0 Å². The minimum Gasteiger partial charge on any atom is -0.388 e. The molecule has 1 aliphatic heterocycles. The summed E-state index contributed by atoms with van der Waals surface area (Å²) in [6, 6.07) is 0. The predicted octanol–water partition coefficient (Wildman–Crippen LogP) is 1.01. The van der Waals surface area contributed by atoms with Crippen LogP contribution in [0.3, 0.4) is 0 Å². The van der Waals surface area contributed by atoms with Crippen molar-refractivity contribution in [2.75, 3.05) is 13.1 Å². The topological polar surface area (TPSA) is 60.8 Å². The van der Waals surface area contributed by atoms with Gasteiger partial charge in [0.2, 0.25) is 5.91 Å². The van der Waals surface area contributed by atoms with E-state index in [1.165, 1.54) is 0 Å². The fourth-order valence-electron chi connectivity index (χ4n) is 2.52. The van der Waals surface area contributed by atoms with E-state index in [1.54, 1.807) is 4.90 Å². The summed E-state index contributed by atoms with van der Waals surface area (Å²) in [6.45, 7) is 9.10. The summed E-state index contributed by atoms with van der Waals surface area (Å²) in [6.07, 6.45) is -0.0669. The van der Waals surface area contributed by atoms with Gasteiger partial charge < -0.3 is 15.1 Å². The predicted molar refractivity (Wildman–Crippen MR) is 66.4 cm³/mol. The maximum Gasteiger partial charge on any atom is 0.223 e. The van der Waals surface area contributed by atoms with Gasteiger partial charge in [-0.25, -0.2) is 0 Å². The van der Waals surface area contributed by atoms with Gasteiger partial charge in [0.1, 0.15) is 0 Å². The zero-order valence-electron chi connectivity index (χ0n) is 11.3. The van der Waals surface area contributed by atoms with E-state index < -0.39 is 12.2 Å². The first-order chi connectivity index (χ1) is 7.69. The van der Waals surface area contributed by atoms with E-state index in [-0.39, 0.29) is 24.4 Å². The highest BCUT2D eigenvalue weighted by Gasteiger charge is 2.33. The first-order valence-corrected chi connectivity index (χ1v) is 6.33. The third-order valence-electron chi connectivity index (χ3n) is 3.10. The molecule has 4 nitrogen and oxygen atoms in total. The number of carbonyl (C=O) groups is 1. The molecule has 1 aliphatic rings. The Morgan fingerprint density at radius 3 is 2.18 bits per heavy atom. The molecule has 0 spiro atoms. The molecule has 17 heavy (non-hydrogen) atoms. The van der Waals surface area contributed by atoms with Gasteiger partial charge in [-0.2, -0.15) is 0 Å². The number of carbonyl (C=O) groups excluding carboxylic acids is 1. The molecule has 0 aromatic heterocycles. The van der Waals surface area contributed by atoms with Gasteiger partial charge in [0.25, 0.3) is 0 Å². The van der Waals surface area contributed by atoms with E-state index in [0.29, 0.717) is 12.3 Å². The van der Waals surface area contributed by atoms with Crippen LogP contribution in [-0.2, 0) is 4.79 Å². The van der Waals surface area contributed by atoms with Gasteiger partial charge >= 0.3 is 0 Å². The zero-order valence-corrected chi connectivity index (χ0v) is 11.3. The average Bonchev–Trinajstić information content (AvgIpc) is 2.43. The summed E-state index contributed by atoms with van der Waals surface area (Å²) in [4.78, 5) is 13.5. The van der Waals surface area contributed by atoms with Crippen LogP contribution < -0.4 is 0 Å². The van der Waals surface area contributed by atoms with Crippen LogP contribution in [0.1, 0.15) is 40.5 Å². The van der Waals surface area contributed by atoms with Crippen molar-refractivity contribution >= 4 is 5.91 Å². The molecule has 1 amide bonds. The Morgan fingerprint density at radius 2 is 1.76 bits per heavy atom. The van der Waals surface area contributed by atoms with Gasteiger partial charge in [-0.3, -0.25) is 4.79 Å². The summed E-state index contributed by atoms with van der Waals surface area (Å²) in [5.41, 5.74) is 0.226. The quantitative estimate of drug-likeness (QED) is 0.778. The number of nitrogens with zero attached hydrogens (tertiary/aromatic N) is 1. The number of amides is 1. The standard InChI is InChI=1S/C13H25NO3/c1-9(6-13(2,3)4)5-12(17)14-7-10(15)11(16)8-14/h9-11,15-16H,5-8H2,1-4H3/t9?,10-,11+. The van der Waals surface area contributed by atoms with Crippen molar-refractivity contribution in [2.45, 2.75) is 52.7 Å². The molecule has 1 fully saturated rings. The van der Waals surface area contributed by atoms with Crippen LogP contribution in [0.4, 0.5) is 0 Å². The van der Waals surface area contributed by atoms with Crippen molar-refractivity contribution in [2.24, 2.45) is 11.3 Å². The summed E-state index contributed by atoms with van der Waals surface area (Å²) in [5.74, 6) is 0.370. The minimum absolute atomic E-state index is 0.0392. The first kappa shape index (κ1) is 14.5.